The van der Waals surface area contributed by atoms with E-state index in [1.54, 1.807) is 11.8 Å². The standard InChI is InChI=1S/C22H29N5O2S/c28-22(25-8-10-29-11-9-25)21-15-26-7-6-17(21)12-19(26)14-27-13-18(23-24-27)16-30-20-4-2-1-3-5-20/h1-5,13,17,19,21H,6-12,14-16H2. The second-order valence-corrected chi connectivity index (χ2v) is 9.56. The van der Waals surface area contributed by atoms with Crippen LogP contribution in [-0.4, -0.2) is 76.1 Å². The SMILES string of the molecule is O=C(C1CN2CCC1CC2Cn1cc(CSc2ccccc2)nn1)N1CCOCC1. The number of aromatic nitrogens is 3. The molecule has 8 heteroatoms. The largest absolute Gasteiger partial charge is 0.378 e. The predicted octanol–water partition coefficient (Wildman–Crippen LogP) is 2.14. The molecule has 4 aliphatic rings. The van der Waals surface area contributed by atoms with Crippen LogP contribution in [0.25, 0.3) is 0 Å². The fourth-order valence-corrected chi connectivity index (χ4v) is 5.81. The summed E-state index contributed by atoms with van der Waals surface area (Å²) in [4.78, 5) is 18.8. The van der Waals surface area contributed by atoms with Crippen molar-refractivity contribution >= 4 is 17.7 Å². The van der Waals surface area contributed by atoms with E-state index in [1.165, 1.54) is 4.90 Å². The van der Waals surface area contributed by atoms with E-state index in [4.69, 9.17) is 4.74 Å². The maximum absolute atomic E-state index is 13.0. The minimum atomic E-state index is 0.154. The molecule has 4 unspecified atom stereocenters. The maximum atomic E-state index is 13.0. The number of nitrogens with zero attached hydrogens (tertiary/aromatic N) is 5. The average Bonchev–Trinajstić information content (AvgIpc) is 3.26. The van der Waals surface area contributed by atoms with Crippen molar-refractivity contribution in [1.29, 1.82) is 0 Å². The molecule has 4 atom stereocenters. The van der Waals surface area contributed by atoms with Gasteiger partial charge in [-0.25, -0.2) is 0 Å². The lowest BCUT2D eigenvalue weighted by molar-refractivity contribution is -0.148. The third kappa shape index (κ3) is 4.40. The molecule has 6 rings (SSSR count). The first kappa shape index (κ1) is 20.0. The van der Waals surface area contributed by atoms with Gasteiger partial charge in [-0.15, -0.1) is 16.9 Å². The molecule has 7 nitrogen and oxygen atoms in total. The average molecular weight is 428 g/mol. The van der Waals surface area contributed by atoms with Crippen molar-refractivity contribution in [3.63, 3.8) is 0 Å². The number of amides is 1. The van der Waals surface area contributed by atoms with E-state index < -0.39 is 0 Å². The van der Waals surface area contributed by atoms with Crippen LogP contribution in [0.4, 0.5) is 0 Å². The van der Waals surface area contributed by atoms with E-state index in [0.717, 1.165) is 57.0 Å². The molecule has 0 spiro atoms. The Labute approximate surface area is 181 Å². The Balaban J connectivity index is 1.16. The molecule has 1 aromatic carbocycles. The van der Waals surface area contributed by atoms with Crippen molar-refractivity contribution in [1.82, 2.24) is 24.8 Å². The van der Waals surface area contributed by atoms with Gasteiger partial charge in [0.2, 0.25) is 5.91 Å². The van der Waals surface area contributed by atoms with E-state index in [9.17, 15) is 4.79 Å². The fourth-order valence-electron chi connectivity index (χ4n) is 5.01. The summed E-state index contributed by atoms with van der Waals surface area (Å²) in [5.41, 5.74) is 1.01. The van der Waals surface area contributed by atoms with Crippen LogP contribution in [0.2, 0.25) is 0 Å². The van der Waals surface area contributed by atoms with Gasteiger partial charge in [-0.1, -0.05) is 23.4 Å². The monoisotopic (exact) mass is 427 g/mol. The third-order valence-corrected chi connectivity index (χ3v) is 7.68. The highest BCUT2D eigenvalue weighted by atomic mass is 32.2. The number of hydrogen-bond acceptors (Lipinski definition) is 6. The minimum Gasteiger partial charge on any atom is -0.378 e. The summed E-state index contributed by atoms with van der Waals surface area (Å²) in [6.45, 7) is 5.67. The fraction of sp³-hybridized carbons (Fsp3) is 0.591. The van der Waals surface area contributed by atoms with Crippen molar-refractivity contribution in [3.8, 4) is 0 Å². The summed E-state index contributed by atoms with van der Waals surface area (Å²) in [5, 5.41) is 8.74. The first-order valence-corrected chi connectivity index (χ1v) is 11.9. The van der Waals surface area contributed by atoms with Crippen molar-refractivity contribution in [3.05, 3.63) is 42.2 Å². The van der Waals surface area contributed by atoms with Gasteiger partial charge in [0.1, 0.15) is 0 Å². The van der Waals surface area contributed by atoms with Crippen molar-refractivity contribution in [2.45, 2.75) is 36.1 Å². The smallest absolute Gasteiger partial charge is 0.227 e. The zero-order valence-corrected chi connectivity index (χ0v) is 18.0. The Morgan fingerprint density at radius 3 is 2.77 bits per heavy atom. The van der Waals surface area contributed by atoms with Crippen LogP contribution in [0, 0.1) is 11.8 Å². The van der Waals surface area contributed by atoms with Gasteiger partial charge >= 0.3 is 0 Å². The number of piperidine rings is 3. The summed E-state index contributed by atoms with van der Waals surface area (Å²) in [6, 6.07) is 10.8. The Morgan fingerprint density at radius 2 is 2.00 bits per heavy atom. The Kier molecular flexibility index (Phi) is 6.06. The van der Waals surface area contributed by atoms with Crippen LogP contribution in [0.1, 0.15) is 18.5 Å². The molecule has 30 heavy (non-hydrogen) atoms. The van der Waals surface area contributed by atoms with Crippen molar-refractivity contribution < 1.29 is 9.53 Å². The zero-order chi connectivity index (χ0) is 20.3. The third-order valence-electron chi connectivity index (χ3n) is 6.63. The number of benzene rings is 1. The Bertz CT molecular complexity index is 854. The Morgan fingerprint density at radius 1 is 1.17 bits per heavy atom. The van der Waals surface area contributed by atoms with Gasteiger partial charge in [0, 0.05) is 42.5 Å². The van der Waals surface area contributed by atoms with Crippen LogP contribution in [0.5, 0.6) is 0 Å². The molecule has 2 aromatic rings. The maximum Gasteiger partial charge on any atom is 0.227 e. The van der Waals surface area contributed by atoms with Crippen molar-refractivity contribution in [2.75, 3.05) is 39.4 Å². The van der Waals surface area contributed by atoms with Crippen LogP contribution in [0.15, 0.2) is 41.4 Å². The summed E-state index contributed by atoms with van der Waals surface area (Å²) in [5.74, 6) is 1.82. The molecule has 5 heterocycles. The van der Waals surface area contributed by atoms with E-state index >= 15 is 0 Å². The van der Waals surface area contributed by atoms with Gasteiger partial charge in [-0.3, -0.25) is 14.4 Å². The van der Waals surface area contributed by atoms with Gasteiger partial charge in [0.15, 0.2) is 0 Å². The van der Waals surface area contributed by atoms with Gasteiger partial charge < -0.3 is 9.64 Å². The molecule has 0 saturated carbocycles. The molecular formula is C22H29N5O2S. The van der Waals surface area contributed by atoms with E-state index in [0.29, 0.717) is 31.1 Å². The molecule has 1 aromatic heterocycles. The molecule has 0 aliphatic carbocycles. The summed E-state index contributed by atoms with van der Waals surface area (Å²) in [7, 11) is 0. The lowest BCUT2D eigenvalue weighted by Crippen LogP contribution is -2.59. The highest BCUT2D eigenvalue weighted by Gasteiger charge is 2.44. The highest BCUT2D eigenvalue weighted by Crippen LogP contribution is 2.37. The quantitative estimate of drug-likeness (QED) is 0.659. The van der Waals surface area contributed by atoms with E-state index in [2.05, 4.69) is 45.7 Å². The molecule has 0 N–H and O–H groups in total. The molecule has 0 radical (unpaired) electrons. The van der Waals surface area contributed by atoms with Crippen LogP contribution >= 0.6 is 11.8 Å². The number of rotatable bonds is 6. The van der Waals surface area contributed by atoms with Gasteiger partial charge in [0.25, 0.3) is 0 Å². The molecule has 4 fully saturated rings. The lowest BCUT2D eigenvalue weighted by Gasteiger charge is -2.50. The van der Waals surface area contributed by atoms with Crippen molar-refractivity contribution in [2.24, 2.45) is 11.8 Å². The summed E-state index contributed by atoms with van der Waals surface area (Å²) in [6.07, 6.45) is 4.29. The molecule has 2 bridgehead atoms. The second-order valence-electron chi connectivity index (χ2n) is 8.51. The topological polar surface area (TPSA) is 63.5 Å². The molecule has 4 aliphatic heterocycles. The second kappa shape index (κ2) is 9.08. The molecule has 160 valence electrons. The van der Waals surface area contributed by atoms with Crippen LogP contribution < -0.4 is 0 Å². The normalized spacial score (nSPS) is 28.6. The first-order valence-electron chi connectivity index (χ1n) is 10.9. The van der Waals surface area contributed by atoms with Gasteiger partial charge in [-0.05, 0) is 37.4 Å². The van der Waals surface area contributed by atoms with Gasteiger partial charge in [0.05, 0.1) is 31.4 Å². The van der Waals surface area contributed by atoms with E-state index in [-0.39, 0.29) is 5.92 Å². The van der Waals surface area contributed by atoms with Crippen LogP contribution in [0.3, 0.4) is 0 Å². The summed E-state index contributed by atoms with van der Waals surface area (Å²) < 4.78 is 7.40. The minimum absolute atomic E-state index is 0.154. The van der Waals surface area contributed by atoms with Gasteiger partial charge in [-0.2, -0.15) is 0 Å². The first-order chi connectivity index (χ1) is 14.8. The lowest BCUT2D eigenvalue weighted by atomic mass is 9.75. The number of hydrogen-bond donors (Lipinski definition) is 0. The Hall–Kier alpha value is -1.90. The highest BCUT2D eigenvalue weighted by molar-refractivity contribution is 7.98. The predicted molar refractivity (Wildman–Crippen MR) is 115 cm³/mol. The molecular weight excluding hydrogens is 398 g/mol. The molecule has 4 saturated heterocycles. The summed E-state index contributed by atoms with van der Waals surface area (Å²) >= 11 is 1.78. The van der Waals surface area contributed by atoms with Crippen LogP contribution in [-0.2, 0) is 21.8 Å². The zero-order valence-electron chi connectivity index (χ0n) is 17.2. The number of carbonyl (C=O) groups excluding carboxylic acids is 1. The number of morpholine rings is 1. The number of fused-ring (bicyclic) bond motifs is 3. The van der Waals surface area contributed by atoms with E-state index in [1.807, 2.05) is 15.6 Å². The number of carbonyl (C=O) groups is 1. The number of ether oxygens (including phenoxy) is 1. The molecule has 1 amide bonds. The number of thioether (sulfide) groups is 1.